The Labute approximate surface area is 187 Å². The molecule has 0 spiro atoms. The summed E-state index contributed by atoms with van der Waals surface area (Å²) in [6.07, 6.45) is 5.13. The zero-order chi connectivity index (χ0) is 22.0. The standard InChI is InChI=1S/C22H18ClN5O2S/c1-12-6-7-13-9-14(19(23)26-17(13)8-12)11-25-28-21(30)20(29)27-22-16(10-24)15-4-2-3-5-18(15)31-22/h6-9,11H,2-5H2,1H3,(H,27,29)(H,28,30)/b25-11+. The third-order valence-electron chi connectivity index (χ3n) is 5.04. The molecule has 31 heavy (non-hydrogen) atoms. The smallest absolute Gasteiger partial charge is 0.308 e. The van der Waals surface area contributed by atoms with Gasteiger partial charge in [-0.3, -0.25) is 9.59 Å². The van der Waals surface area contributed by atoms with Crippen LogP contribution in [-0.4, -0.2) is 23.0 Å². The Kier molecular flexibility index (Phi) is 5.98. The molecule has 156 valence electrons. The van der Waals surface area contributed by atoms with Gasteiger partial charge < -0.3 is 5.32 Å². The molecule has 1 aromatic carbocycles. The SMILES string of the molecule is Cc1ccc2cc(/C=N/NC(=O)C(=O)Nc3sc4c(c3C#N)CCCC4)c(Cl)nc2c1. The molecule has 2 N–H and O–H groups in total. The van der Waals surface area contributed by atoms with E-state index in [0.717, 1.165) is 52.6 Å². The summed E-state index contributed by atoms with van der Waals surface area (Å²) in [6.45, 7) is 1.97. The van der Waals surface area contributed by atoms with E-state index in [1.807, 2.05) is 25.1 Å². The van der Waals surface area contributed by atoms with E-state index in [2.05, 4.69) is 26.9 Å². The summed E-state index contributed by atoms with van der Waals surface area (Å²) in [5.41, 5.74) is 5.97. The summed E-state index contributed by atoms with van der Waals surface area (Å²) in [5, 5.41) is 17.4. The lowest BCUT2D eigenvalue weighted by Gasteiger charge is -2.09. The zero-order valence-electron chi connectivity index (χ0n) is 16.7. The van der Waals surface area contributed by atoms with Crippen LogP contribution in [0.1, 0.15) is 40.0 Å². The van der Waals surface area contributed by atoms with Crippen LogP contribution in [0.2, 0.25) is 5.15 Å². The van der Waals surface area contributed by atoms with E-state index in [0.29, 0.717) is 16.1 Å². The summed E-state index contributed by atoms with van der Waals surface area (Å²) < 4.78 is 0. The highest BCUT2D eigenvalue weighted by molar-refractivity contribution is 7.16. The maximum absolute atomic E-state index is 12.3. The van der Waals surface area contributed by atoms with Crippen LogP contribution in [0.3, 0.4) is 0 Å². The minimum Gasteiger partial charge on any atom is -0.308 e. The number of nitrogens with zero attached hydrogens (tertiary/aromatic N) is 3. The van der Waals surface area contributed by atoms with Gasteiger partial charge in [0.05, 0.1) is 17.3 Å². The molecule has 0 unspecified atom stereocenters. The van der Waals surface area contributed by atoms with Gasteiger partial charge in [0.1, 0.15) is 16.2 Å². The first-order valence-electron chi connectivity index (χ1n) is 9.72. The van der Waals surface area contributed by atoms with Gasteiger partial charge in [-0.1, -0.05) is 23.7 Å². The molecule has 2 heterocycles. The molecule has 3 aromatic rings. The van der Waals surface area contributed by atoms with Crippen molar-refractivity contribution in [1.82, 2.24) is 10.4 Å². The molecule has 0 aliphatic heterocycles. The van der Waals surface area contributed by atoms with Crippen LogP contribution in [0, 0.1) is 18.3 Å². The second kappa shape index (κ2) is 8.84. The number of hydrazone groups is 1. The van der Waals surface area contributed by atoms with Crippen LogP contribution in [-0.2, 0) is 22.4 Å². The lowest BCUT2D eigenvalue weighted by molar-refractivity contribution is -0.136. The molecule has 2 aromatic heterocycles. The van der Waals surface area contributed by atoms with Crippen molar-refractivity contribution in [3.8, 4) is 6.07 Å². The van der Waals surface area contributed by atoms with Crippen molar-refractivity contribution in [2.24, 2.45) is 5.10 Å². The highest BCUT2D eigenvalue weighted by Gasteiger charge is 2.23. The minimum absolute atomic E-state index is 0.239. The third kappa shape index (κ3) is 4.43. The lowest BCUT2D eigenvalue weighted by Crippen LogP contribution is -2.32. The van der Waals surface area contributed by atoms with Crippen molar-refractivity contribution in [1.29, 1.82) is 5.26 Å². The van der Waals surface area contributed by atoms with Gasteiger partial charge in [0.25, 0.3) is 0 Å². The largest absolute Gasteiger partial charge is 0.329 e. The number of rotatable bonds is 3. The normalized spacial score (nSPS) is 13.1. The summed E-state index contributed by atoms with van der Waals surface area (Å²) in [7, 11) is 0. The second-order valence-corrected chi connectivity index (χ2v) is 8.71. The molecular weight excluding hydrogens is 434 g/mol. The number of benzene rings is 1. The number of hydrogen-bond donors (Lipinski definition) is 2. The molecule has 0 radical (unpaired) electrons. The van der Waals surface area contributed by atoms with Crippen molar-refractivity contribution in [3.05, 3.63) is 56.5 Å². The summed E-state index contributed by atoms with van der Waals surface area (Å²) in [6, 6.07) is 9.76. The highest BCUT2D eigenvalue weighted by atomic mass is 35.5. The number of aryl methyl sites for hydroxylation is 2. The second-order valence-electron chi connectivity index (χ2n) is 7.24. The highest BCUT2D eigenvalue weighted by Crippen LogP contribution is 2.37. The van der Waals surface area contributed by atoms with E-state index < -0.39 is 11.8 Å². The fourth-order valence-electron chi connectivity index (χ4n) is 3.50. The predicted octanol–water partition coefficient (Wildman–Crippen LogP) is 4.10. The molecule has 1 aliphatic carbocycles. The van der Waals surface area contributed by atoms with Crippen molar-refractivity contribution in [2.75, 3.05) is 5.32 Å². The number of carbonyl (C=O) groups excluding carboxylic acids is 2. The van der Waals surface area contributed by atoms with Gasteiger partial charge in [-0.15, -0.1) is 11.3 Å². The topological polar surface area (TPSA) is 107 Å². The first-order valence-corrected chi connectivity index (χ1v) is 10.9. The number of fused-ring (bicyclic) bond motifs is 2. The molecule has 0 saturated carbocycles. The van der Waals surface area contributed by atoms with Crippen molar-refractivity contribution < 1.29 is 9.59 Å². The number of halogens is 1. The fraction of sp³-hybridized carbons (Fsp3) is 0.227. The van der Waals surface area contributed by atoms with E-state index in [9.17, 15) is 14.9 Å². The number of hydrogen-bond acceptors (Lipinski definition) is 6. The Hall–Kier alpha value is -3.28. The fourth-order valence-corrected chi connectivity index (χ4v) is 4.93. The molecule has 9 heteroatoms. The van der Waals surface area contributed by atoms with Crippen LogP contribution >= 0.6 is 22.9 Å². The molecule has 7 nitrogen and oxygen atoms in total. The van der Waals surface area contributed by atoms with E-state index in [-0.39, 0.29) is 5.15 Å². The molecule has 0 saturated heterocycles. The van der Waals surface area contributed by atoms with E-state index in [1.54, 1.807) is 6.07 Å². The predicted molar refractivity (Wildman–Crippen MR) is 122 cm³/mol. The average molecular weight is 452 g/mol. The van der Waals surface area contributed by atoms with Crippen molar-refractivity contribution in [3.63, 3.8) is 0 Å². The Morgan fingerprint density at radius 1 is 1.26 bits per heavy atom. The molecule has 0 fully saturated rings. The number of thiophene rings is 1. The Morgan fingerprint density at radius 2 is 2.06 bits per heavy atom. The number of carbonyl (C=O) groups is 2. The molecule has 0 bridgehead atoms. The van der Waals surface area contributed by atoms with E-state index in [1.165, 1.54) is 17.6 Å². The summed E-state index contributed by atoms with van der Waals surface area (Å²) in [5.74, 6) is -1.82. The number of nitriles is 1. The van der Waals surface area contributed by atoms with Gasteiger partial charge in [0, 0.05) is 15.8 Å². The van der Waals surface area contributed by atoms with E-state index >= 15 is 0 Å². The first kappa shape index (κ1) is 21.0. The van der Waals surface area contributed by atoms with Crippen molar-refractivity contribution in [2.45, 2.75) is 32.6 Å². The van der Waals surface area contributed by atoms with Gasteiger partial charge in [-0.25, -0.2) is 10.4 Å². The van der Waals surface area contributed by atoms with Gasteiger partial charge in [0.2, 0.25) is 0 Å². The number of aromatic nitrogens is 1. The Balaban J connectivity index is 1.44. The number of nitrogens with one attached hydrogen (secondary N) is 2. The summed E-state index contributed by atoms with van der Waals surface area (Å²) in [4.78, 5) is 29.9. The quantitative estimate of drug-likeness (QED) is 0.270. The van der Waals surface area contributed by atoms with Crippen LogP contribution in [0.5, 0.6) is 0 Å². The maximum Gasteiger partial charge on any atom is 0.329 e. The van der Waals surface area contributed by atoms with Crippen LogP contribution in [0.15, 0.2) is 29.4 Å². The van der Waals surface area contributed by atoms with Crippen LogP contribution < -0.4 is 10.7 Å². The number of amides is 2. The van der Waals surface area contributed by atoms with Crippen LogP contribution in [0.4, 0.5) is 5.00 Å². The molecule has 0 atom stereocenters. The van der Waals surface area contributed by atoms with Crippen molar-refractivity contribution >= 4 is 56.9 Å². The minimum atomic E-state index is -0.938. The van der Waals surface area contributed by atoms with Gasteiger partial charge >= 0.3 is 11.8 Å². The van der Waals surface area contributed by atoms with E-state index in [4.69, 9.17) is 11.6 Å². The number of pyridine rings is 1. The third-order valence-corrected chi connectivity index (χ3v) is 6.55. The van der Waals surface area contributed by atoms with Crippen LogP contribution in [0.25, 0.3) is 10.9 Å². The molecule has 4 rings (SSSR count). The summed E-state index contributed by atoms with van der Waals surface area (Å²) >= 11 is 7.56. The number of anilines is 1. The monoisotopic (exact) mass is 451 g/mol. The average Bonchev–Trinajstić information content (AvgIpc) is 3.10. The van der Waals surface area contributed by atoms with Gasteiger partial charge in [-0.05, 0) is 55.9 Å². The maximum atomic E-state index is 12.3. The first-order chi connectivity index (χ1) is 15.0. The van der Waals surface area contributed by atoms with Gasteiger partial charge in [0.15, 0.2) is 0 Å². The Morgan fingerprint density at radius 3 is 2.87 bits per heavy atom. The molecular formula is C22H18ClN5O2S. The zero-order valence-corrected chi connectivity index (χ0v) is 18.2. The molecule has 1 aliphatic rings. The van der Waals surface area contributed by atoms with Gasteiger partial charge in [-0.2, -0.15) is 10.4 Å². The lowest BCUT2D eigenvalue weighted by atomic mass is 9.96. The molecule has 2 amide bonds. The Bertz CT molecular complexity index is 1280.